The van der Waals surface area contributed by atoms with Crippen molar-refractivity contribution in [3.8, 4) is 0 Å². The van der Waals surface area contributed by atoms with Crippen molar-refractivity contribution in [3.63, 3.8) is 0 Å². The molecule has 1 saturated carbocycles. The Kier molecular flexibility index (Phi) is 3.65. The van der Waals surface area contributed by atoms with E-state index in [9.17, 15) is 19.2 Å². The number of primary amides is 1. The van der Waals surface area contributed by atoms with E-state index in [1.54, 1.807) is 7.05 Å². The second kappa shape index (κ2) is 5.10. The van der Waals surface area contributed by atoms with Gasteiger partial charge in [0.1, 0.15) is 12.1 Å². The smallest absolute Gasteiger partial charge is 0.327 e. The predicted molar refractivity (Wildman–Crippen MR) is 68.4 cm³/mol. The summed E-state index contributed by atoms with van der Waals surface area (Å²) in [6.07, 6.45) is 4.03. The van der Waals surface area contributed by atoms with E-state index in [1.165, 1.54) is 4.90 Å². The van der Waals surface area contributed by atoms with Crippen LogP contribution < -0.4 is 11.1 Å². The summed E-state index contributed by atoms with van der Waals surface area (Å²) in [6.45, 7) is -0.479. The molecule has 0 aromatic carbocycles. The number of imide groups is 2. The van der Waals surface area contributed by atoms with E-state index in [2.05, 4.69) is 0 Å². The SMILES string of the molecule is CN1C(=O)N(CC(=O)NC(N)=O)C(=O)C12CCCCC2. The van der Waals surface area contributed by atoms with Gasteiger partial charge in [0, 0.05) is 7.05 Å². The lowest BCUT2D eigenvalue weighted by molar-refractivity contribution is -0.137. The van der Waals surface area contributed by atoms with Crippen LogP contribution in [0.4, 0.5) is 9.59 Å². The van der Waals surface area contributed by atoms with Crippen LogP contribution >= 0.6 is 0 Å². The Morgan fingerprint density at radius 3 is 2.40 bits per heavy atom. The number of nitrogens with two attached hydrogens (primary N) is 1. The molecule has 110 valence electrons. The van der Waals surface area contributed by atoms with Gasteiger partial charge in [-0.05, 0) is 12.8 Å². The molecule has 0 unspecified atom stereocenters. The van der Waals surface area contributed by atoms with Crippen molar-refractivity contribution >= 4 is 23.9 Å². The minimum Gasteiger partial charge on any atom is -0.351 e. The summed E-state index contributed by atoms with van der Waals surface area (Å²) in [5.74, 6) is -1.12. The van der Waals surface area contributed by atoms with Crippen LogP contribution in [0.3, 0.4) is 0 Å². The fourth-order valence-corrected chi connectivity index (χ4v) is 2.99. The predicted octanol–water partition coefficient (Wildman–Crippen LogP) is -0.222. The molecule has 0 radical (unpaired) electrons. The first kappa shape index (κ1) is 14.3. The third kappa shape index (κ3) is 2.21. The van der Waals surface area contributed by atoms with Crippen LogP contribution in [-0.4, -0.2) is 52.8 Å². The molecule has 0 aromatic heterocycles. The fraction of sp³-hybridized carbons (Fsp3) is 0.667. The lowest BCUT2D eigenvalue weighted by Crippen LogP contribution is -2.49. The number of nitrogens with zero attached hydrogens (tertiary/aromatic N) is 2. The normalized spacial score (nSPS) is 21.4. The molecule has 2 rings (SSSR count). The first-order valence-electron chi connectivity index (χ1n) is 6.57. The first-order chi connectivity index (χ1) is 9.38. The average molecular weight is 282 g/mol. The molecule has 20 heavy (non-hydrogen) atoms. The maximum Gasteiger partial charge on any atom is 0.327 e. The van der Waals surface area contributed by atoms with E-state index >= 15 is 0 Å². The van der Waals surface area contributed by atoms with Gasteiger partial charge in [0.25, 0.3) is 5.91 Å². The topological polar surface area (TPSA) is 113 Å². The van der Waals surface area contributed by atoms with Gasteiger partial charge in [-0.15, -0.1) is 0 Å². The highest BCUT2D eigenvalue weighted by atomic mass is 16.2. The fourth-order valence-electron chi connectivity index (χ4n) is 2.99. The standard InChI is InChI=1S/C12H18N4O4/c1-15-11(20)16(7-8(17)14-10(13)19)9(18)12(15)5-3-2-4-6-12/h2-7H2,1H3,(H3,13,14,17,19). The van der Waals surface area contributed by atoms with Crippen LogP contribution in [0, 0.1) is 0 Å². The maximum absolute atomic E-state index is 12.5. The van der Waals surface area contributed by atoms with Crippen molar-refractivity contribution in [2.24, 2.45) is 5.73 Å². The molecule has 8 heteroatoms. The average Bonchev–Trinajstić information content (AvgIpc) is 2.55. The van der Waals surface area contributed by atoms with Crippen LogP contribution in [0.25, 0.3) is 0 Å². The monoisotopic (exact) mass is 282 g/mol. The van der Waals surface area contributed by atoms with E-state index in [0.717, 1.165) is 24.2 Å². The number of carbonyl (C=O) groups is 4. The Hall–Kier alpha value is -2.12. The maximum atomic E-state index is 12.5. The molecule has 1 aliphatic carbocycles. The van der Waals surface area contributed by atoms with Gasteiger partial charge >= 0.3 is 12.1 Å². The van der Waals surface area contributed by atoms with Gasteiger partial charge in [-0.25, -0.2) is 9.59 Å². The summed E-state index contributed by atoms with van der Waals surface area (Å²) < 4.78 is 0. The number of amides is 6. The van der Waals surface area contributed by atoms with E-state index < -0.39 is 30.1 Å². The molecule has 1 heterocycles. The Morgan fingerprint density at radius 1 is 1.25 bits per heavy atom. The molecule has 1 aliphatic heterocycles. The van der Waals surface area contributed by atoms with Gasteiger partial charge in [-0.1, -0.05) is 19.3 Å². The van der Waals surface area contributed by atoms with Crippen molar-refractivity contribution < 1.29 is 19.2 Å². The molecular weight excluding hydrogens is 264 g/mol. The Bertz CT molecular complexity index is 470. The highest BCUT2D eigenvalue weighted by Crippen LogP contribution is 2.39. The van der Waals surface area contributed by atoms with Crippen molar-refractivity contribution in [1.29, 1.82) is 0 Å². The van der Waals surface area contributed by atoms with Crippen molar-refractivity contribution in [1.82, 2.24) is 15.1 Å². The van der Waals surface area contributed by atoms with E-state index in [4.69, 9.17) is 5.73 Å². The molecule has 2 fully saturated rings. The number of hydrogen-bond donors (Lipinski definition) is 2. The summed E-state index contributed by atoms with van der Waals surface area (Å²) in [6, 6.07) is -1.51. The zero-order valence-electron chi connectivity index (χ0n) is 11.3. The molecule has 0 aromatic rings. The second-order valence-electron chi connectivity index (χ2n) is 5.24. The summed E-state index contributed by atoms with van der Waals surface area (Å²) in [7, 11) is 1.58. The van der Waals surface area contributed by atoms with Gasteiger partial charge in [0.15, 0.2) is 0 Å². The molecular formula is C12H18N4O4. The van der Waals surface area contributed by atoms with Gasteiger partial charge in [-0.2, -0.15) is 0 Å². The summed E-state index contributed by atoms with van der Waals surface area (Å²) in [4.78, 5) is 49.1. The van der Waals surface area contributed by atoms with Gasteiger partial charge in [0.05, 0.1) is 0 Å². The number of rotatable bonds is 2. The Balaban J connectivity index is 2.15. The minimum absolute atomic E-state index is 0.357. The van der Waals surface area contributed by atoms with E-state index in [1.807, 2.05) is 5.32 Å². The van der Waals surface area contributed by atoms with Gasteiger partial charge in [0.2, 0.25) is 5.91 Å². The van der Waals surface area contributed by atoms with Crippen LogP contribution in [0.5, 0.6) is 0 Å². The number of likely N-dealkylation sites (N-methyl/N-ethyl adjacent to an activating group) is 1. The first-order valence-corrected chi connectivity index (χ1v) is 6.57. The van der Waals surface area contributed by atoms with Crippen LogP contribution in [0.2, 0.25) is 0 Å². The quantitative estimate of drug-likeness (QED) is 0.681. The molecule has 1 spiro atoms. The van der Waals surface area contributed by atoms with E-state index in [-0.39, 0.29) is 5.91 Å². The summed E-state index contributed by atoms with van der Waals surface area (Å²) in [5, 5.41) is 1.85. The molecule has 8 nitrogen and oxygen atoms in total. The highest BCUT2D eigenvalue weighted by molar-refractivity contribution is 6.09. The van der Waals surface area contributed by atoms with Crippen molar-refractivity contribution in [2.45, 2.75) is 37.6 Å². The van der Waals surface area contributed by atoms with Crippen LogP contribution in [-0.2, 0) is 9.59 Å². The molecule has 0 bridgehead atoms. The Labute approximate surface area is 116 Å². The van der Waals surface area contributed by atoms with Gasteiger partial charge in [-0.3, -0.25) is 19.8 Å². The highest BCUT2D eigenvalue weighted by Gasteiger charge is 2.55. The largest absolute Gasteiger partial charge is 0.351 e. The van der Waals surface area contributed by atoms with Crippen LogP contribution in [0.15, 0.2) is 0 Å². The molecule has 3 N–H and O–H groups in total. The molecule has 1 saturated heterocycles. The zero-order valence-corrected chi connectivity index (χ0v) is 11.3. The van der Waals surface area contributed by atoms with Gasteiger partial charge < -0.3 is 10.6 Å². The number of urea groups is 2. The molecule has 6 amide bonds. The zero-order chi connectivity index (χ0) is 14.9. The second-order valence-corrected chi connectivity index (χ2v) is 5.24. The summed E-state index contributed by atoms with van der Waals surface area (Å²) in [5.41, 5.74) is 4.01. The lowest BCUT2D eigenvalue weighted by atomic mass is 9.81. The lowest BCUT2D eigenvalue weighted by Gasteiger charge is -2.35. The third-order valence-electron chi connectivity index (χ3n) is 4.05. The van der Waals surface area contributed by atoms with Crippen LogP contribution in [0.1, 0.15) is 32.1 Å². The van der Waals surface area contributed by atoms with E-state index in [0.29, 0.717) is 12.8 Å². The molecule has 0 atom stereocenters. The van der Waals surface area contributed by atoms with Crippen molar-refractivity contribution in [2.75, 3.05) is 13.6 Å². The minimum atomic E-state index is -1.00. The Morgan fingerprint density at radius 2 is 1.85 bits per heavy atom. The molecule has 2 aliphatic rings. The van der Waals surface area contributed by atoms with Crippen molar-refractivity contribution in [3.05, 3.63) is 0 Å². The number of hydrogen-bond acceptors (Lipinski definition) is 4. The number of carbonyl (C=O) groups excluding carboxylic acids is 4. The summed E-state index contributed by atoms with van der Waals surface area (Å²) >= 11 is 0. The number of nitrogens with one attached hydrogen (secondary N) is 1. The third-order valence-corrected chi connectivity index (χ3v) is 4.05.